The third-order valence-electron chi connectivity index (χ3n) is 4.00. The van der Waals surface area contributed by atoms with E-state index in [1.165, 1.54) is 6.07 Å². The highest BCUT2D eigenvalue weighted by atomic mass is 19.4. The van der Waals surface area contributed by atoms with Gasteiger partial charge >= 0.3 is 6.18 Å². The summed E-state index contributed by atoms with van der Waals surface area (Å²) in [5, 5.41) is 5.73. The molecule has 22 heavy (non-hydrogen) atoms. The molecule has 1 unspecified atom stereocenters. The van der Waals surface area contributed by atoms with Crippen LogP contribution in [0.15, 0.2) is 18.2 Å². The molecule has 4 nitrogen and oxygen atoms in total. The lowest BCUT2D eigenvalue weighted by molar-refractivity contribution is -0.137. The highest BCUT2D eigenvalue weighted by Crippen LogP contribution is 2.35. The number of rotatable bonds is 4. The molecule has 2 N–H and O–H groups in total. The van der Waals surface area contributed by atoms with E-state index >= 15 is 0 Å². The average molecular weight is 315 g/mol. The maximum atomic E-state index is 12.9. The van der Waals surface area contributed by atoms with Gasteiger partial charge in [-0.3, -0.25) is 4.79 Å². The first-order valence-corrected chi connectivity index (χ1v) is 7.10. The minimum Gasteiger partial charge on any atom is -0.376 e. The van der Waals surface area contributed by atoms with Crippen molar-refractivity contribution in [2.24, 2.45) is 11.8 Å². The molecule has 1 aliphatic heterocycles. The monoisotopic (exact) mass is 315 g/mol. The van der Waals surface area contributed by atoms with Crippen LogP contribution in [-0.2, 0) is 11.0 Å². The molecule has 1 aliphatic rings. The first-order valence-electron chi connectivity index (χ1n) is 7.10. The Labute approximate surface area is 127 Å². The molecule has 1 saturated heterocycles. The van der Waals surface area contributed by atoms with Crippen molar-refractivity contribution < 1.29 is 18.0 Å². The van der Waals surface area contributed by atoms with E-state index in [1.54, 1.807) is 25.9 Å². The van der Waals surface area contributed by atoms with Gasteiger partial charge in [-0.1, -0.05) is 6.92 Å². The van der Waals surface area contributed by atoms with E-state index in [0.29, 0.717) is 5.69 Å². The van der Waals surface area contributed by atoms with Crippen molar-refractivity contribution in [3.05, 3.63) is 23.8 Å². The number of hydrogen-bond donors (Lipinski definition) is 2. The van der Waals surface area contributed by atoms with Crippen molar-refractivity contribution in [1.82, 2.24) is 5.32 Å². The SMILES string of the molecule is CC(C(=O)Nc1cc(C(F)(F)F)ccc1N(C)C)C1CNC1. The third-order valence-corrected chi connectivity index (χ3v) is 4.00. The number of carbonyl (C=O) groups excluding carboxylic acids is 1. The fraction of sp³-hybridized carbons (Fsp3) is 0.533. The Morgan fingerprint density at radius 2 is 2.00 bits per heavy atom. The van der Waals surface area contributed by atoms with Gasteiger partial charge in [0.1, 0.15) is 0 Å². The summed E-state index contributed by atoms with van der Waals surface area (Å²) >= 11 is 0. The Morgan fingerprint density at radius 3 is 2.45 bits per heavy atom. The topological polar surface area (TPSA) is 44.4 Å². The standard InChI is InChI=1S/C15H20F3N3O/c1-9(10-7-19-8-10)14(22)20-12-6-11(15(16,17)18)4-5-13(12)21(2)3/h4-6,9-10,19H,7-8H2,1-3H3,(H,20,22). The largest absolute Gasteiger partial charge is 0.416 e. The van der Waals surface area contributed by atoms with E-state index in [1.807, 2.05) is 0 Å². The number of hydrogen-bond acceptors (Lipinski definition) is 3. The average Bonchev–Trinajstić information content (AvgIpc) is 2.35. The van der Waals surface area contributed by atoms with Gasteiger partial charge in [-0.2, -0.15) is 13.2 Å². The molecule has 0 spiro atoms. The number of benzene rings is 1. The summed E-state index contributed by atoms with van der Waals surface area (Å²) in [4.78, 5) is 13.9. The van der Waals surface area contributed by atoms with Gasteiger partial charge < -0.3 is 15.5 Å². The van der Waals surface area contributed by atoms with Crippen LogP contribution in [0.5, 0.6) is 0 Å². The molecule has 7 heteroatoms. The normalized spacial score (nSPS) is 16.8. The van der Waals surface area contributed by atoms with Crippen LogP contribution in [-0.4, -0.2) is 33.1 Å². The van der Waals surface area contributed by atoms with Crippen molar-refractivity contribution in [3.8, 4) is 0 Å². The third kappa shape index (κ3) is 3.52. The molecule has 1 atom stereocenters. The molecule has 0 radical (unpaired) electrons. The lowest BCUT2D eigenvalue weighted by Gasteiger charge is -2.32. The van der Waals surface area contributed by atoms with Crippen LogP contribution in [0.4, 0.5) is 24.5 Å². The smallest absolute Gasteiger partial charge is 0.376 e. The van der Waals surface area contributed by atoms with E-state index in [4.69, 9.17) is 0 Å². The van der Waals surface area contributed by atoms with Crippen LogP contribution in [0.1, 0.15) is 12.5 Å². The molecule has 2 rings (SSSR count). The highest BCUT2D eigenvalue weighted by Gasteiger charge is 2.32. The summed E-state index contributed by atoms with van der Waals surface area (Å²) in [5.74, 6) is -0.270. The van der Waals surface area contributed by atoms with E-state index in [9.17, 15) is 18.0 Å². The fourth-order valence-corrected chi connectivity index (χ4v) is 2.33. The lowest BCUT2D eigenvalue weighted by atomic mass is 9.88. The van der Waals surface area contributed by atoms with Crippen molar-refractivity contribution in [3.63, 3.8) is 0 Å². The Hall–Kier alpha value is -1.76. The summed E-state index contributed by atoms with van der Waals surface area (Å²) in [6.07, 6.45) is -4.44. The molecule has 0 bridgehead atoms. The Morgan fingerprint density at radius 1 is 1.36 bits per heavy atom. The Kier molecular flexibility index (Phi) is 4.65. The van der Waals surface area contributed by atoms with E-state index in [0.717, 1.165) is 25.2 Å². The van der Waals surface area contributed by atoms with Gasteiger partial charge in [0.15, 0.2) is 0 Å². The van der Waals surface area contributed by atoms with Crippen molar-refractivity contribution in [2.45, 2.75) is 13.1 Å². The lowest BCUT2D eigenvalue weighted by Crippen LogP contribution is -2.48. The van der Waals surface area contributed by atoms with Gasteiger partial charge in [0.05, 0.1) is 16.9 Å². The van der Waals surface area contributed by atoms with Gasteiger partial charge in [0.25, 0.3) is 0 Å². The quantitative estimate of drug-likeness (QED) is 0.897. The van der Waals surface area contributed by atoms with Crippen LogP contribution in [0, 0.1) is 11.8 Å². The highest BCUT2D eigenvalue weighted by molar-refractivity contribution is 5.96. The maximum absolute atomic E-state index is 12.9. The van der Waals surface area contributed by atoms with Gasteiger partial charge in [0, 0.05) is 20.0 Å². The molecular formula is C15H20F3N3O. The second kappa shape index (κ2) is 6.16. The zero-order valence-corrected chi connectivity index (χ0v) is 12.8. The van der Waals surface area contributed by atoms with Gasteiger partial charge in [0.2, 0.25) is 5.91 Å². The summed E-state index contributed by atoms with van der Waals surface area (Å²) in [5.41, 5.74) is -0.0457. The predicted octanol–water partition coefficient (Wildman–Crippen LogP) is 2.57. The molecule has 1 aromatic rings. The summed E-state index contributed by atoms with van der Waals surface area (Å²) < 4.78 is 38.6. The number of carbonyl (C=O) groups is 1. The molecule has 1 amide bonds. The van der Waals surface area contributed by atoms with Gasteiger partial charge in [-0.05, 0) is 37.2 Å². The van der Waals surface area contributed by atoms with Crippen LogP contribution in [0.25, 0.3) is 0 Å². The van der Waals surface area contributed by atoms with Gasteiger partial charge in [-0.15, -0.1) is 0 Å². The van der Waals surface area contributed by atoms with Crippen LogP contribution >= 0.6 is 0 Å². The fourth-order valence-electron chi connectivity index (χ4n) is 2.33. The summed E-state index contributed by atoms with van der Waals surface area (Å²) in [6, 6.07) is 3.37. The molecule has 0 aliphatic carbocycles. The number of alkyl halides is 3. The Balaban J connectivity index is 2.24. The first kappa shape index (κ1) is 16.6. The molecule has 1 heterocycles. The number of anilines is 2. The maximum Gasteiger partial charge on any atom is 0.416 e. The molecule has 1 fully saturated rings. The van der Waals surface area contributed by atoms with Crippen molar-refractivity contribution in [1.29, 1.82) is 0 Å². The molecule has 0 aromatic heterocycles. The number of halogens is 3. The second-order valence-electron chi connectivity index (χ2n) is 5.82. The van der Waals surface area contributed by atoms with Crippen molar-refractivity contribution >= 4 is 17.3 Å². The summed E-state index contributed by atoms with van der Waals surface area (Å²) in [6.45, 7) is 3.32. The molecular weight excluding hydrogens is 295 g/mol. The van der Waals surface area contributed by atoms with Crippen LogP contribution < -0.4 is 15.5 Å². The van der Waals surface area contributed by atoms with Crippen molar-refractivity contribution in [2.75, 3.05) is 37.4 Å². The number of nitrogens with zero attached hydrogens (tertiary/aromatic N) is 1. The summed E-state index contributed by atoms with van der Waals surface area (Å²) in [7, 11) is 3.44. The van der Waals surface area contributed by atoms with Crippen LogP contribution in [0.3, 0.4) is 0 Å². The van der Waals surface area contributed by atoms with E-state index < -0.39 is 11.7 Å². The molecule has 0 saturated carbocycles. The molecule has 1 aromatic carbocycles. The zero-order chi connectivity index (χ0) is 16.5. The number of nitrogens with one attached hydrogen (secondary N) is 2. The minimum atomic E-state index is -4.44. The first-order chi connectivity index (χ1) is 10.2. The van der Waals surface area contributed by atoms with E-state index in [2.05, 4.69) is 10.6 Å². The minimum absolute atomic E-state index is 0.184. The predicted molar refractivity (Wildman–Crippen MR) is 79.9 cm³/mol. The molecule has 122 valence electrons. The number of amides is 1. The zero-order valence-electron chi connectivity index (χ0n) is 12.8. The van der Waals surface area contributed by atoms with Crippen LogP contribution in [0.2, 0.25) is 0 Å². The van der Waals surface area contributed by atoms with Gasteiger partial charge in [-0.25, -0.2) is 0 Å². The second-order valence-corrected chi connectivity index (χ2v) is 5.82. The van der Waals surface area contributed by atoms with E-state index in [-0.39, 0.29) is 23.4 Å². The Bertz CT molecular complexity index is 553.